The Balaban J connectivity index is 2.38. The smallest absolute Gasteiger partial charge is 0.163 e. The van der Waals surface area contributed by atoms with Crippen LogP contribution in [-0.4, -0.2) is 13.4 Å². The molecule has 0 unspecified atom stereocenters. The SMILES string of the molecule is Cc1nc(Cl)ccc1CS(=O)(=O)C(C)(C)c1ccccc1. The van der Waals surface area contributed by atoms with E-state index < -0.39 is 14.6 Å². The van der Waals surface area contributed by atoms with Gasteiger partial charge in [0.1, 0.15) is 5.15 Å². The van der Waals surface area contributed by atoms with Crippen molar-refractivity contribution in [2.24, 2.45) is 0 Å². The maximum Gasteiger partial charge on any atom is 0.163 e. The first-order chi connectivity index (χ1) is 9.74. The number of aryl methyl sites for hydroxylation is 1. The van der Waals surface area contributed by atoms with Gasteiger partial charge in [0.2, 0.25) is 0 Å². The van der Waals surface area contributed by atoms with Gasteiger partial charge in [0.05, 0.1) is 10.5 Å². The largest absolute Gasteiger partial charge is 0.241 e. The first-order valence-electron chi connectivity index (χ1n) is 6.64. The Kier molecular flexibility index (Phi) is 4.40. The second kappa shape index (κ2) is 5.78. The highest BCUT2D eigenvalue weighted by Crippen LogP contribution is 2.32. The lowest BCUT2D eigenvalue weighted by Crippen LogP contribution is -2.30. The van der Waals surface area contributed by atoms with E-state index in [2.05, 4.69) is 4.98 Å². The predicted molar refractivity (Wildman–Crippen MR) is 86.1 cm³/mol. The zero-order valence-electron chi connectivity index (χ0n) is 12.3. The Morgan fingerprint density at radius 2 is 1.71 bits per heavy atom. The van der Waals surface area contributed by atoms with Crippen LogP contribution >= 0.6 is 11.6 Å². The molecule has 0 aliphatic rings. The normalized spacial score (nSPS) is 12.4. The molecule has 0 aliphatic heterocycles. The number of rotatable bonds is 4. The number of halogens is 1. The molecule has 0 N–H and O–H groups in total. The van der Waals surface area contributed by atoms with Crippen LogP contribution in [0.2, 0.25) is 5.15 Å². The van der Waals surface area contributed by atoms with Crippen LogP contribution in [0.3, 0.4) is 0 Å². The van der Waals surface area contributed by atoms with Gasteiger partial charge in [0.25, 0.3) is 0 Å². The van der Waals surface area contributed by atoms with E-state index in [9.17, 15) is 8.42 Å². The summed E-state index contributed by atoms with van der Waals surface area (Å²) in [5, 5.41) is 0.371. The molecule has 3 nitrogen and oxygen atoms in total. The van der Waals surface area contributed by atoms with Crippen molar-refractivity contribution >= 4 is 21.4 Å². The summed E-state index contributed by atoms with van der Waals surface area (Å²) in [5.41, 5.74) is 2.11. The van der Waals surface area contributed by atoms with Crippen molar-refractivity contribution in [2.45, 2.75) is 31.3 Å². The Bertz CT molecular complexity index is 740. The fraction of sp³-hybridized carbons (Fsp3) is 0.312. The zero-order chi connectivity index (χ0) is 15.7. The molecule has 0 atom stereocenters. The molecule has 0 amide bonds. The molecule has 0 saturated carbocycles. The molecule has 0 spiro atoms. The van der Waals surface area contributed by atoms with Crippen LogP contribution in [0, 0.1) is 6.92 Å². The molecule has 2 rings (SSSR count). The molecule has 1 heterocycles. The van der Waals surface area contributed by atoms with E-state index in [0.29, 0.717) is 16.4 Å². The van der Waals surface area contributed by atoms with Crippen molar-refractivity contribution in [3.05, 3.63) is 64.4 Å². The third-order valence-corrected chi connectivity index (χ3v) is 6.45. The lowest BCUT2D eigenvalue weighted by molar-refractivity contribution is 0.553. The van der Waals surface area contributed by atoms with E-state index in [1.54, 1.807) is 32.9 Å². The maximum atomic E-state index is 12.8. The monoisotopic (exact) mass is 323 g/mol. The zero-order valence-corrected chi connectivity index (χ0v) is 13.9. The van der Waals surface area contributed by atoms with Crippen molar-refractivity contribution < 1.29 is 8.42 Å². The van der Waals surface area contributed by atoms with Crippen molar-refractivity contribution in [1.82, 2.24) is 4.98 Å². The van der Waals surface area contributed by atoms with Gasteiger partial charge in [-0.15, -0.1) is 0 Å². The van der Waals surface area contributed by atoms with Crippen molar-refractivity contribution in [2.75, 3.05) is 0 Å². The average Bonchev–Trinajstić information content (AvgIpc) is 2.43. The predicted octanol–water partition coefficient (Wildman–Crippen LogP) is 3.89. The van der Waals surface area contributed by atoms with Crippen LogP contribution in [0.4, 0.5) is 0 Å². The summed E-state index contributed by atoms with van der Waals surface area (Å²) in [4.78, 5) is 4.11. The third-order valence-electron chi connectivity index (χ3n) is 3.75. The molecule has 0 fully saturated rings. The maximum absolute atomic E-state index is 12.8. The van der Waals surface area contributed by atoms with Crippen molar-refractivity contribution in [3.8, 4) is 0 Å². The van der Waals surface area contributed by atoms with Crippen LogP contribution in [0.1, 0.15) is 30.7 Å². The van der Waals surface area contributed by atoms with Crippen molar-refractivity contribution in [1.29, 1.82) is 0 Å². The number of hydrogen-bond acceptors (Lipinski definition) is 3. The Morgan fingerprint density at radius 3 is 2.29 bits per heavy atom. The van der Waals surface area contributed by atoms with Gasteiger partial charge in [0.15, 0.2) is 9.84 Å². The quantitative estimate of drug-likeness (QED) is 0.802. The highest BCUT2D eigenvalue weighted by molar-refractivity contribution is 7.91. The van der Waals surface area contributed by atoms with Gasteiger partial charge in [0, 0.05) is 5.69 Å². The van der Waals surface area contributed by atoms with Gasteiger partial charge in [-0.2, -0.15) is 0 Å². The molecule has 2 aromatic rings. The fourth-order valence-corrected chi connectivity index (χ4v) is 3.88. The minimum absolute atomic E-state index is 0.0507. The fourth-order valence-electron chi connectivity index (χ4n) is 2.12. The minimum atomic E-state index is -3.38. The van der Waals surface area contributed by atoms with E-state index in [4.69, 9.17) is 11.6 Å². The molecule has 21 heavy (non-hydrogen) atoms. The summed E-state index contributed by atoms with van der Waals surface area (Å²) < 4.78 is 24.6. The number of nitrogens with zero attached hydrogens (tertiary/aromatic N) is 1. The highest BCUT2D eigenvalue weighted by atomic mass is 35.5. The van der Waals surface area contributed by atoms with E-state index in [1.807, 2.05) is 30.3 Å². The average molecular weight is 324 g/mol. The van der Waals surface area contributed by atoms with E-state index in [0.717, 1.165) is 5.56 Å². The summed E-state index contributed by atoms with van der Waals surface area (Å²) in [5.74, 6) is -0.0507. The van der Waals surface area contributed by atoms with Crippen LogP contribution in [-0.2, 0) is 20.3 Å². The number of pyridine rings is 1. The summed E-state index contributed by atoms with van der Waals surface area (Å²) in [6, 6.07) is 12.6. The lowest BCUT2D eigenvalue weighted by atomic mass is 10.0. The lowest BCUT2D eigenvalue weighted by Gasteiger charge is -2.25. The number of aromatic nitrogens is 1. The number of benzene rings is 1. The molecule has 112 valence electrons. The second-order valence-corrected chi connectivity index (χ2v) is 8.44. The molecule has 0 saturated heterocycles. The van der Waals surface area contributed by atoms with Crippen LogP contribution < -0.4 is 0 Å². The number of hydrogen-bond donors (Lipinski definition) is 0. The molecule has 0 aliphatic carbocycles. The first-order valence-corrected chi connectivity index (χ1v) is 8.67. The standard InChI is InChI=1S/C16H18ClNO2S/c1-12-13(9-10-15(17)18-12)11-21(19,20)16(2,3)14-7-5-4-6-8-14/h4-10H,11H2,1-3H3. The van der Waals surface area contributed by atoms with Gasteiger partial charge < -0.3 is 0 Å². The van der Waals surface area contributed by atoms with Crippen LogP contribution in [0.25, 0.3) is 0 Å². The Morgan fingerprint density at radius 1 is 1.10 bits per heavy atom. The molecule has 1 aromatic heterocycles. The molecule has 1 aromatic carbocycles. The molecular weight excluding hydrogens is 306 g/mol. The van der Waals surface area contributed by atoms with Crippen LogP contribution in [0.15, 0.2) is 42.5 Å². The summed E-state index contributed by atoms with van der Waals surface area (Å²) in [6.45, 7) is 5.24. The molecule has 0 radical (unpaired) electrons. The van der Waals surface area contributed by atoms with E-state index in [1.165, 1.54) is 0 Å². The van der Waals surface area contributed by atoms with Gasteiger partial charge in [-0.3, -0.25) is 0 Å². The molecular formula is C16H18ClNO2S. The van der Waals surface area contributed by atoms with E-state index in [-0.39, 0.29) is 5.75 Å². The van der Waals surface area contributed by atoms with Gasteiger partial charge >= 0.3 is 0 Å². The first kappa shape index (κ1) is 16.0. The van der Waals surface area contributed by atoms with Crippen molar-refractivity contribution in [3.63, 3.8) is 0 Å². The topological polar surface area (TPSA) is 47.0 Å². The summed E-state index contributed by atoms with van der Waals surface area (Å²) in [7, 11) is -3.38. The van der Waals surface area contributed by atoms with Gasteiger partial charge in [-0.05, 0) is 38.0 Å². The Labute approximate surface area is 130 Å². The second-order valence-electron chi connectivity index (χ2n) is 5.51. The Hall–Kier alpha value is -1.39. The van der Waals surface area contributed by atoms with Gasteiger partial charge in [-0.1, -0.05) is 48.0 Å². The van der Waals surface area contributed by atoms with Gasteiger partial charge in [-0.25, -0.2) is 13.4 Å². The summed E-state index contributed by atoms with van der Waals surface area (Å²) in [6.07, 6.45) is 0. The van der Waals surface area contributed by atoms with Crippen LogP contribution in [0.5, 0.6) is 0 Å². The number of sulfone groups is 1. The summed E-state index contributed by atoms with van der Waals surface area (Å²) >= 11 is 5.81. The minimum Gasteiger partial charge on any atom is -0.241 e. The van der Waals surface area contributed by atoms with E-state index >= 15 is 0 Å². The molecule has 5 heteroatoms. The molecule has 0 bridgehead atoms. The third kappa shape index (κ3) is 3.27. The highest BCUT2D eigenvalue weighted by Gasteiger charge is 2.36.